The third-order valence-corrected chi connectivity index (χ3v) is 3.13. The Hall–Kier alpha value is -2.40. The first kappa shape index (κ1) is 17.0. The van der Waals surface area contributed by atoms with Gasteiger partial charge in [0.1, 0.15) is 11.5 Å². The van der Waals surface area contributed by atoms with Gasteiger partial charge in [-0.15, -0.1) is 0 Å². The predicted molar refractivity (Wildman–Crippen MR) is 92.9 cm³/mol. The Balaban J connectivity index is 2.13. The van der Waals surface area contributed by atoms with Gasteiger partial charge in [0, 0.05) is 16.8 Å². The van der Waals surface area contributed by atoms with Crippen molar-refractivity contribution in [3.05, 3.63) is 47.5 Å². The molecule has 0 saturated carbocycles. The number of hydrogen-bond acceptors (Lipinski definition) is 3. The molecule has 5 nitrogen and oxygen atoms in total. The molecule has 6 heteroatoms. The van der Waals surface area contributed by atoms with Gasteiger partial charge >= 0.3 is 6.03 Å². The predicted octanol–water partition coefficient (Wildman–Crippen LogP) is 4.78. The van der Waals surface area contributed by atoms with Gasteiger partial charge in [0.05, 0.1) is 18.9 Å². The molecular weight excluding hydrogens is 316 g/mol. The largest absolute Gasteiger partial charge is 0.494 e. The first-order valence-corrected chi connectivity index (χ1v) is 7.73. The van der Waals surface area contributed by atoms with Crippen molar-refractivity contribution in [2.75, 3.05) is 23.8 Å². The fourth-order valence-corrected chi connectivity index (χ4v) is 2.19. The first-order valence-electron chi connectivity index (χ1n) is 7.35. The van der Waals surface area contributed by atoms with Crippen LogP contribution in [0.3, 0.4) is 0 Å². The number of carbonyl (C=O) groups is 1. The monoisotopic (exact) mass is 334 g/mol. The molecule has 0 spiro atoms. The Morgan fingerprint density at radius 2 is 1.83 bits per heavy atom. The molecule has 2 amide bonds. The fourth-order valence-electron chi connectivity index (χ4n) is 2.00. The zero-order valence-electron chi connectivity index (χ0n) is 13.1. The molecule has 2 aromatic rings. The maximum absolute atomic E-state index is 12.2. The van der Waals surface area contributed by atoms with Crippen LogP contribution >= 0.6 is 11.6 Å². The van der Waals surface area contributed by atoms with E-state index in [4.69, 9.17) is 21.1 Å². The number of urea groups is 1. The first-order chi connectivity index (χ1) is 11.1. The summed E-state index contributed by atoms with van der Waals surface area (Å²) in [5.41, 5.74) is 1.14. The van der Waals surface area contributed by atoms with Crippen LogP contribution in [-0.4, -0.2) is 19.2 Å². The van der Waals surface area contributed by atoms with E-state index >= 15 is 0 Å². The van der Waals surface area contributed by atoms with E-state index in [0.29, 0.717) is 41.1 Å². The molecule has 0 aromatic heterocycles. The molecule has 0 unspecified atom stereocenters. The second-order valence-corrected chi connectivity index (χ2v) is 5.05. The minimum Gasteiger partial charge on any atom is -0.494 e. The van der Waals surface area contributed by atoms with Crippen LogP contribution in [0.2, 0.25) is 5.02 Å². The van der Waals surface area contributed by atoms with E-state index in [9.17, 15) is 4.79 Å². The molecule has 23 heavy (non-hydrogen) atoms. The lowest BCUT2D eigenvalue weighted by molar-refractivity contribution is 0.262. The lowest BCUT2D eigenvalue weighted by Gasteiger charge is -2.14. The number of benzene rings is 2. The molecule has 122 valence electrons. The summed E-state index contributed by atoms with van der Waals surface area (Å²) in [5, 5.41) is 6.04. The van der Waals surface area contributed by atoms with E-state index in [1.807, 2.05) is 13.8 Å². The zero-order chi connectivity index (χ0) is 16.7. The summed E-state index contributed by atoms with van der Waals surface area (Å²) < 4.78 is 11.0. The van der Waals surface area contributed by atoms with Crippen molar-refractivity contribution in [3.63, 3.8) is 0 Å². The summed E-state index contributed by atoms with van der Waals surface area (Å²) in [7, 11) is 0. The van der Waals surface area contributed by atoms with Crippen molar-refractivity contribution in [2.24, 2.45) is 0 Å². The Morgan fingerprint density at radius 3 is 2.52 bits per heavy atom. The average Bonchev–Trinajstić information content (AvgIpc) is 2.50. The summed E-state index contributed by atoms with van der Waals surface area (Å²) in [6.07, 6.45) is 0. The maximum Gasteiger partial charge on any atom is 0.323 e. The molecule has 0 saturated heterocycles. The van der Waals surface area contributed by atoms with Crippen LogP contribution in [-0.2, 0) is 0 Å². The van der Waals surface area contributed by atoms with Crippen LogP contribution in [0.5, 0.6) is 11.5 Å². The summed E-state index contributed by atoms with van der Waals surface area (Å²) >= 11 is 5.90. The Morgan fingerprint density at radius 1 is 1.04 bits per heavy atom. The summed E-state index contributed by atoms with van der Waals surface area (Å²) in [4.78, 5) is 12.2. The molecule has 0 aliphatic heterocycles. The average molecular weight is 335 g/mol. The quantitative estimate of drug-likeness (QED) is 0.799. The molecule has 0 aliphatic carbocycles. The lowest BCUT2D eigenvalue weighted by Crippen LogP contribution is -2.20. The van der Waals surface area contributed by atoms with Gasteiger partial charge in [0.15, 0.2) is 0 Å². The van der Waals surface area contributed by atoms with Crippen molar-refractivity contribution < 1.29 is 14.3 Å². The molecule has 0 heterocycles. The summed E-state index contributed by atoms with van der Waals surface area (Å²) in [6.45, 7) is 4.82. The SMILES string of the molecule is CCOc1ccc(OCC)c(NC(=O)Nc2cccc(Cl)c2)c1. The summed E-state index contributed by atoms with van der Waals surface area (Å²) in [5.74, 6) is 1.24. The summed E-state index contributed by atoms with van der Waals surface area (Å²) in [6, 6.07) is 11.8. The molecule has 0 bridgehead atoms. The minimum atomic E-state index is -0.387. The maximum atomic E-state index is 12.2. The Kier molecular flexibility index (Phi) is 6.11. The number of rotatable bonds is 6. The number of nitrogens with one attached hydrogen (secondary N) is 2. The van der Waals surface area contributed by atoms with Crippen LogP contribution in [0, 0.1) is 0 Å². The van der Waals surface area contributed by atoms with Gasteiger partial charge in [-0.1, -0.05) is 17.7 Å². The zero-order valence-corrected chi connectivity index (χ0v) is 13.8. The highest BCUT2D eigenvalue weighted by Crippen LogP contribution is 2.29. The van der Waals surface area contributed by atoms with Crippen molar-refractivity contribution in [1.29, 1.82) is 0 Å². The highest BCUT2D eigenvalue weighted by Gasteiger charge is 2.10. The third kappa shape index (κ3) is 5.07. The molecule has 0 fully saturated rings. The van der Waals surface area contributed by atoms with Crippen LogP contribution < -0.4 is 20.1 Å². The van der Waals surface area contributed by atoms with Gasteiger partial charge in [-0.05, 0) is 44.2 Å². The number of carbonyl (C=O) groups excluding carboxylic acids is 1. The third-order valence-electron chi connectivity index (χ3n) is 2.89. The van der Waals surface area contributed by atoms with Gasteiger partial charge < -0.3 is 20.1 Å². The number of halogens is 1. The van der Waals surface area contributed by atoms with Gasteiger partial charge in [0.2, 0.25) is 0 Å². The topological polar surface area (TPSA) is 59.6 Å². The Bertz CT molecular complexity index is 677. The van der Waals surface area contributed by atoms with E-state index in [1.165, 1.54) is 0 Å². The van der Waals surface area contributed by atoms with Crippen molar-refractivity contribution >= 4 is 29.0 Å². The number of amides is 2. The van der Waals surface area contributed by atoms with Crippen LogP contribution in [0.4, 0.5) is 16.2 Å². The van der Waals surface area contributed by atoms with Crippen LogP contribution in [0.15, 0.2) is 42.5 Å². The second-order valence-electron chi connectivity index (χ2n) is 4.61. The minimum absolute atomic E-state index is 0.387. The highest BCUT2D eigenvalue weighted by molar-refractivity contribution is 6.30. The number of ether oxygens (including phenoxy) is 2. The molecule has 0 aliphatic rings. The van der Waals surface area contributed by atoms with E-state index in [0.717, 1.165) is 0 Å². The smallest absolute Gasteiger partial charge is 0.323 e. The van der Waals surface area contributed by atoms with Gasteiger partial charge in [-0.2, -0.15) is 0 Å². The van der Waals surface area contributed by atoms with Crippen molar-refractivity contribution in [1.82, 2.24) is 0 Å². The normalized spacial score (nSPS) is 10.0. The van der Waals surface area contributed by atoms with Gasteiger partial charge in [-0.25, -0.2) is 4.79 Å². The standard InChI is InChI=1S/C17H19ClN2O3/c1-3-22-14-8-9-16(23-4-2)15(11-14)20-17(21)19-13-7-5-6-12(18)10-13/h5-11H,3-4H2,1-2H3,(H2,19,20,21). The van der Waals surface area contributed by atoms with Crippen LogP contribution in [0.1, 0.15) is 13.8 Å². The van der Waals surface area contributed by atoms with E-state index in [-0.39, 0.29) is 6.03 Å². The van der Waals surface area contributed by atoms with Crippen LogP contribution in [0.25, 0.3) is 0 Å². The Labute approximate surface area is 140 Å². The van der Waals surface area contributed by atoms with Crippen molar-refractivity contribution in [3.8, 4) is 11.5 Å². The van der Waals surface area contributed by atoms with E-state index in [2.05, 4.69) is 10.6 Å². The second kappa shape index (κ2) is 8.29. The van der Waals surface area contributed by atoms with Gasteiger partial charge in [-0.3, -0.25) is 0 Å². The van der Waals surface area contributed by atoms with E-state index in [1.54, 1.807) is 42.5 Å². The number of anilines is 2. The molecule has 0 radical (unpaired) electrons. The lowest BCUT2D eigenvalue weighted by atomic mass is 10.2. The fraction of sp³-hybridized carbons (Fsp3) is 0.235. The molecule has 2 aromatic carbocycles. The van der Waals surface area contributed by atoms with E-state index < -0.39 is 0 Å². The molecule has 0 atom stereocenters. The van der Waals surface area contributed by atoms with Crippen molar-refractivity contribution in [2.45, 2.75) is 13.8 Å². The molecular formula is C17H19ClN2O3. The highest BCUT2D eigenvalue weighted by atomic mass is 35.5. The van der Waals surface area contributed by atoms with Gasteiger partial charge in [0.25, 0.3) is 0 Å². The number of hydrogen-bond donors (Lipinski definition) is 2. The molecule has 2 N–H and O–H groups in total. The molecule has 2 rings (SSSR count).